The van der Waals surface area contributed by atoms with Crippen molar-refractivity contribution in [1.82, 2.24) is 10.2 Å². The summed E-state index contributed by atoms with van der Waals surface area (Å²) in [6, 6.07) is 16.8. The molecule has 2 aromatic rings. The number of carbonyl (C=O) groups is 1. The van der Waals surface area contributed by atoms with Crippen molar-refractivity contribution in [2.75, 3.05) is 27.2 Å². The molecule has 1 N–H and O–H groups in total. The lowest BCUT2D eigenvalue weighted by Gasteiger charge is -2.15. The summed E-state index contributed by atoms with van der Waals surface area (Å²) in [6.07, 6.45) is 0.935. The van der Waals surface area contributed by atoms with E-state index in [-0.39, 0.29) is 5.78 Å². The fraction of sp³-hybridized carbons (Fsp3) is 0.250. The number of Topliss-reactive ketones (excluding diaryl/α,β-unsaturated/α-hetero) is 1. The Kier molecular flexibility index (Phi) is 5.58. The van der Waals surface area contributed by atoms with Crippen molar-refractivity contribution in [3.63, 3.8) is 0 Å². The van der Waals surface area contributed by atoms with E-state index >= 15 is 0 Å². The Bertz CT molecular complexity index is 787. The molecule has 1 atom stereocenters. The van der Waals surface area contributed by atoms with Crippen molar-refractivity contribution < 1.29 is 9.35 Å². The van der Waals surface area contributed by atoms with Crippen molar-refractivity contribution in [3.05, 3.63) is 70.6 Å². The van der Waals surface area contributed by atoms with Gasteiger partial charge in [-0.3, -0.25) is 4.79 Å². The van der Waals surface area contributed by atoms with Gasteiger partial charge in [0, 0.05) is 23.3 Å². The zero-order chi connectivity index (χ0) is 17.8. The highest BCUT2D eigenvalue weighted by Crippen LogP contribution is 2.37. The van der Waals surface area contributed by atoms with Gasteiger partial charge in [-0.25, -0.2) is 0 Å². The maximum atomic E-state index is 12.9. The van der Waals surface area contributed by atoms with Crippen molar-refractivity contribution in [2.24, 2.45) is 0 Å². The third-order valence-electron chi connectivity index (χ3n) is 4.10. The fourth-order valence-corrected chi connectivity index (χ4v) is 4.30. The summed E-state index contributed by atoms with van der Waals surface area (Å²) in [4.78, 5) is 15.9. The van der Waals surface area contributed by atoms with Gasteiger partial charge in [-0.15, -0.1) is 0 Å². The standard InChI is InChI=1S/C20H22N2O2S/c1-22(2)14-8-13-21-18(15-9-4-3-5-10-15)20-19(23)16-11-6-7-12-17(16)25(20)24/h3-7,9-12,21H,8,13-14H2,1-2H3. The maximum Gasteiger partial charge on any atom is 0.248 e. The Balaban J connectivity index is 1.96. The fourth-order valence-electron chi connectivity index (χ4n) is 2.87. The second-order valence-electron chi connectivity index (χ2n) is 6.25. The van der Waals surface area contributed by atoms with E-state index in [4.69, 9.17) is 0 Å². The molecule has 0 fully saturated rings. The van der Waals surface area contributed by atoms with Crippen LogP contribution in [0.1, 0.15) is 22.3 Å². The van der Waals surface area contributed by atoms with Crippen LogP contribution in [-0.4, -0.2) is 42.4 Å². The molecule has 130 valence electrons. The van der Waals surface area contributed by atoms with Gasteiger partial charge in [0.25, 0.3) is 0 Å². The molecule has 0 aliphatic carbocycles. The number of allylic oxidation sites excluding steroid dienone is 1. The lowest BCUT2D eigenvalue weighted by atomic mass is 10.1. The minimum atomic E-state index is -1.45. The molecule has 0 saturated heterocycles. The molecule has 0 spiro atoms. The Morgan fingerprint density at radius 2 is 1.76 bits per heavy atom. The average Bonchev–Trinajstić information content (AvgIpc) is 2.87. The summed E-state index contributed by atoms with van der Waals surface area (Å²) in [6.45, 7) is 1.66. The molecule has 0 bridgehead atoms. The highest BCUT2D eigenvalue weighted by Gasteiger charge is 2.41. The van der Waals surface area contributed by atoms with E-state index in [1.54, 1.807) is 12.1 Å². The lowest BCUT2D eigenvalue weighted by molar-refractivity contribution is 0.104. The van der Waals surface area contributed by atoms with E-state index in [2.05, 4.69) is 10.2 Å². The number of benzene rings is 2. The maximum absolute atomic E-state index is 12.9. The minimum Gasteiger partial charge on any atom is -0.606 e. The van der Waals surface area contributed by atoms with Crippen LogP contribution in [0.15, 0.2) is 64.4 Å². The first-order chi connectivity index (χ1) is 12.1. The van der Waals surface area contributed by atoms with Crippen LogP contribution in [0.3, 0.4) is 0 Å². The Morgan fingerprint density at radius 1 is 1.08 bits per heavy atom. The monoisotopic (exact) mass is 354 g/mol. The highest BCUT2D eigenvalue weighted by atomic mass is 32.2. The number of nitrogens with one attached hydrogen (secondary N) is 1. The van der Waals surface area contributed by atoms with E-state index in [0.717, 1.165) is 18.5 Å². The first-order valence-corrected chi connectivity index (χ1v) is 9.48. The van der Waals surface area contributed by atoms with Crippen LogP contribution in [-0.2, 0) is 11.2 Å². The Labute approximate surface area is 151 Å². The van der Waals surface area contributed by atoms with Crippen LogP contribution in [0.25, 0.3) is 5.70 Å². The van der Waals surface area contributed by atoms with Crippen LogP contribution in [0, 0.1) is 0 Å². The SMILES string of the molecule is CN(C)CCCNC(=C1C(=O)c2ccccc2[S+]1[O-])c1ccccc1. The molecule has 0 radical (unpaired) electrons. The van der Waals surface area contributed by atoms with Crippen molar-refractivity contribution in [1.29, 1.82) is 0 Å². The van der Waals surface area contributed by atoms with Gasteiger partial charge in [-0.2, -0.15) is 0 Å². The number of carbonyl (C=O) groups excluding carboxylic acids is 1. The molecular weight excluding hydrogens is 332 g/mol. The summed E-state index contributed by atoms with van der Waals surface area (Å²) >= 11 is -1.45. The molecule has 2 aromatic carbocycles. The zero-order valence-electron chi connectivity index (χ0n) is 14.5. The predicted octanol–water partition coefficient (Wildman–Crippen LogP) is 2.90. The molecule has 0 aromatic heterocycles. The van der Waals surface area contributed by atoms with Crippen LogP contribution in [0.5, 0.6) is 0 Å². The van der Waals surface area contributed by atoms with Gasteiger partial charge in [0.15, 0.2) is 4.90 Å². The molecule has 1 heterocycles. The molecule has 0 saturated carbocycles. The van der Waals surface area contributed by atoms with E-state index in [9.17, 15) is 9.35 Å². The van der Waals surface area contributed by atoms with E-state index in [1.165, 1.54) is 0 Å². The summed E-state index contributed by atoms with van der Waals surface area (Å²) < 4.78 is 12.9. The van der Waals surface area contributed by atoms with Crippen molar-refractivity contribution in [3.8, 4) is 0 Å². The minimum absolute atomic E-state index is 0.145. The Morgan fingerprint density at radius 3 is 2.44 bits per heavy atom. The first-order valence-electron chi connectivity index (χ1n) is 8.33. The summed E-state index contributed by atoms with van der Waals surface area (Å²) in [5.41, 5.74) is 2.11. The summed E-state index contributed by atoms with van der Waals surface area (Å²) in [5.74, 6) is -0.145. The molecule has 1 aliphatic heterocycles. The molecule has 4 nitrogen and oxygen atoms in total. The molecule has 0 amide bonds. The quantitative estimate of drug-likeness (QED) is 0.492. The van der Waals surface area contributed by atoms with E-state index < -0.39 is 11.2 Å². The second-order valence-corrected chi connectivity index (χ2v) is 7.63. The number of hydrogen-bond acceptors (Lipinski definition) is 4. The molecule has 25 heavy (non-hydrogen) atoms. The first kappa shape index (κ1) is 17.7. The van der Waals surface area contributed by atoms with Gasteiger partial charge in [-0.05, 0) is 39.2 Å². The molecular formula is C20H22N2O2S. The van der Waals surface area contributed by atoms with Gasteiger partial charge >= 0.3 is 0 Å². The van der Waals surface area contributed by atoms with Gasteiger partial charge in [0.1, 0.15) is 5.70 Å². The number of hydrogen-bond donors (Lipinski definition) is 1. The molecule has 3 rings (SSSR count). The Hall–Kier alpha value is -2.08. The van der Waals surface area contributed by atoms with E-state index in [0.29, 0.717) is 27.6 Å². The average molecular weight is 354 g/mol. The topological polar surface area (TPSA) is 55.4 Å². The molecule has 5 heteroatoms. The number of nitrogens with zero attached hydrogens (tertiary/aromatic N) is 1. The third kappa shape index (κ3) is 3.79. The van der Waals surface area contributed by atoms with Crippen LogP contribution >= 0.6 is 0 Å². The second kappa shape index (κ2) is 7.87. The lowest BCUT2D eigenvalue weighted by Crippen LogP contribution is -2.23. The van der Waals surface area contributed by atoms with Gasteiger partial charge in [-0.1, -0.05) is 42.5 Å². The third-order valence-corrected chi connectivity index (χ3v) is 5.61. The van der Waals surface area contributed by atoms with Gasteiger partial charge in [0.05, 0.1) is 5.56 Å². The highest BCUT2D eigenvalue weighted by molar-refractivity contribution is 7.97. The zero-order valence-corrected chi connectivity index (χ0v) is 15.3. The smallest absolute Gasteiger partial charge is 0.248 e. The predicted molar refractivity (Wildman–Crippen MR) is 102 cm³/mol. The van der Waals surface area contributed by atoms with Crippen LogP contribution in [0.4, 0.5) is 0 Å². The summed E-state index contributed by atoms with van der Waals surface area (Å²) in [7, 11) is 4.06. The normalized spacial score (nSPS) is 18.4. The number of rotatable bonds is 6. The number of fused-ring (bicyclic) bond motifs is 1. The van der Waals surface area contributed by atoms with E-state index in [1.807, 2.05) is 56.6 Å². The van der Waals surface area contributed by atoms with Gasteiger partial charge < -0.3 is 14.8 Å². The largest absolute Gasteiger partial charge is 0.606 e. The summed E-state index contributed by atoms with van der Waals surface area (Å²) in [5, 5.41) is 3.37. The molecule has 1 aliphatic rings. The van der Waals surface area contributed by atoms with Crippen LogP contribution < -0.4 is 5.32 Å². The van der Waals surface area contributed by atoms with Crippen molar-refractivity contribution >= 4 is 22.7 Å². The van der Waals surface area contributed by atoms with Crippen LogP contribution in [0.2, 0.25) is 0 Å². The van der Waals surface area contributed by atoms with Crippen molar-refractivity contribution in [2.45, 2.75) is 11.3 Å². The molecule has 1 unspecified atom stereocenters. The number of ketones is 1. The van der Waals surface area contributed by atoms with Gasteiger partial charge in [0.2, 0.25) is 10.7 Å².